The third-order valence-corrected chi connectivity index (χ3v) is 2.66. The Morgan fingerprint density at radius 2 is 2.05 bits per heavy atom. The van der Waals surface area contributed by atoms with Gasteiger partial charge in [0.25, 0.3) is 0 Å². The molecule has 1 N–H and O–H groups in total. The van der Waals surface area contributed by atoms with Gasteiger partial charge in [-0.05, 0) is 44.2 Å². The highest BCUT2D eigenvalue weighted by Gasteiger charge is 2.00. The molecule has 0 fully saturated rings. The van der Waals surface area contributed by atoms with Crippen molar-refractivity contribution in [2.45, 2.75) is 13.8 Å². The number of allylic oxidation sites excluding steroid dienone is 5. The van der Waals surface area contributed by atoms with Crippen molar-refractivity contribution in [3.63, 3.8) is 0 Å². The number of anilines is 1. The minimum Gasteiger partial charge on any atom is -0.355 e. The first-order valence-electron chi connectivity index (χ1n) is 6.48. The summed E-state index contributed by atoms with van der Waals surface area (Å²) in [7, 11) is 5.66. The number of fused-ring (bicyclic) bond motifs is 1. The molecule has 98 valence electrons. The van der Waals surface area contributed by atoms with Crippen LogP contribution in [0.1, 0.15) is 13.8 Å². The molecular weight excluding hydrogens is 245 g/mol. The second kappa shape index (κ2) is 6.71. The van der Waals surface area contributed by atoms with E-state index in [-0.39, 0.29) is 0 Å². The largest absolute Gasteiger partial charge is 0.355 e. The molecule has 1 aromatic heterocycles. The lowest BCUT2D eigenvalue weighted by molar-refractivity contribution is 1.34. The Balaban J connectivity index is 2.32. The number of hydrogen-bond donors (Lipinski definition) is 1. The predicted molar refractivity (Wildman–Crippen MR) is 86.3 cm³/mol. The lowest BCUT2D eigenvalue weighted by Gasteiger charge is -2.08. The van der Waals surface area contributed by atoms with Crippen molar-refractivity contribution in [1.82, 2.24) is 9.97 Å². The van der Waals surface area contributed by atoms with Crippen molar-refractivity contribution < 1.29 is 0 Å². The molecule has 1 heterocycles. The molecule has 2 aromatic rings. The molecule has 0 saturated carbocycles. The molecule has 0 atom stereocenters. The first-order valence-corrected chi connectivity index (χ1v) is 6.48. The zero-order valence-corrected chi connectivity index (χ0v) is 11.7. The molecular formula is C16H16BN3. The second-order valence-electron chi connectivity index (χ2n) is 4.27. The van der Waals surface area contributed by atoms with E-state index in [0.29, 0.717) is 5.59 Å². The van der Waals surface area contributed by atoms with E-state index in [1.54, 1.807) is 6.20 Å². The van der Waals surface area contributed by atoms with Gasteiger partial charge in [0.2, 0.25) is 0 Å². The molecule has 0 saturated heterocycles. The Kier molecular flexibility index (Phi) is 4.72. The van der Waals surface area contributed by atoms with Gasteiger partial charge in [0, 0.05) is 23.2 Å². The van der Waals surface area contributed by atoms with Crippen molar-refractivity contribution in [2.75, 3.05) is 5.32 Å². The summed E-state index contributed by atoms with van der Waals surface area (Å²) in [6.07, 6.45) is 11.5. The fourth-order valence-corrected chi connectivity index (χ4v) is 1.79. The molecule has 3 nitrogen and oxygen atoms in total. The van der Waals surface area contributed by atoms with Gasteiger partial charge >= 0.3 is 0 Å². The maximum absolute atomic E-state index is 5.66. The smallest absolute Gasteiger partial charge is 0.143 e. The Hall–Kier alpha value is -2.36. The average molecular weight is 261 g/mol. The third-order valence-electron chi connectivity index (χ3n) is 2.66. The maximum Gasteiger partial charge on any atom is 0.143 e. The van der Waals surface area contributed by atoms with Gasteiger partial charge < -0.3 is 5.32 Å². The predicted octanol–water partition coefficient (Wildman–Crippen LogP) is 2.87. The third kappa shape index (κ3) is 3.57. The van der Waals surface area contributed by atoms with E-state index in [9.17, 15) is 0 Å². The monoisotopic (exact) mass is 261 g/mol. The van der Waals surface area contributed by atoms with Crippen LogP contribution in [0.4, 0.5) is 5.69 Å². The number of nitrogens with one attached hydrogen (secondary N) is 1. The summed E-state index contributed by atoms with van der Waals surface area (Å²) >= 11 is 0. The van der Waals surface area contributed by atoms with E-state index in [1.165, 1.54) is 0 Å². The van der Waals surface area contributed by atoms with Crippen LogP contribution in [0.5, 0.6) is 0 Å². The molecule has 0 bridgehead atoms. The number of nitrogens with zero attached hydrogens (tertiary/aromatic N) is 2. The first kappa shape index (κ1) is 14.1. The quantitative estimate of drug-likeness (QED) is 0.679. The van der Waals surface area contributed by atoms with Crippen LogP contribution in [0.2, 0.25) is 0 Å². The molecule has 0 amide bonds. The molecule has 20 heavy (non-hydrogen) atoms. The normalized spacial score (nSPS) is 12.6. The fourth-order valence-electron chi connectivity index (χ4n) is 1.79. The summed E-state index contributed by atoms with van der Waals surface area (Å²) in [5, 5.41) is 3.34. The van der Waals surface area contributed by atoms with Crippen LogP contribution >= 0.6 is 0 Å². The first-order chi connectivity index (χ1) is 9.72. The van der Waals surface area contributed by atoms with Gasteiger partial charge in [0.15, 0.2) is 0 Å². The average Bonchev–Trinajstić information content (AvgIpc) is 2.44. The standard InChI is InChI=1S/C16H16BN3/c1-3-5-7-12(6-4-2)19-13-8-9-14-15(10-13)20-16(17)11-18-14/h3-11,19H,1-2H3/b5-3-,6-4+,12-7+. The Morgan fingerprint density at radius 3 is 2.80 bits per heavy atom. The number of aromatic nitrogens is 2. The fraction of sp³-hybridized carbons (Fsp3) is 0.125. The van der Waals surface area contributed by atoms with Gasteiger partial charge in [0.1, 0.15) is 7.85 Å². The van der Waals surface area contributed by atoms with Crippen LogP contribution in [0.25, 0.3) is 11.0 Å². The molecule has 0 aliphatic carbocycles. The molecule has 2 rings (SSSR count). The summed E-state index contributed by atoms with van der Waals surface area (Å²) in [6.45, 7) is 3.97. The summed E-state index contributed by atoms with van der Waals surface area (Å²) < 4.78 is 0. The summed E-state index contributed by atoms with van der Waals surface area (Å²) in [5.41, 5.74) is 3.98. The molecule has 1 aromatic carbocycles. The molecule has 0 aliphatic heterocycles. The van der Waals surface area contributed by atoms with Crippen LogP contribution in [0, 0.1) is 0 Å². The number of rotatable bonds is 4. The molecule has 0 spiro atoms. The summed E-state index contributed by atoms with van der Waals surface area (Å²) in [6, 6.07) is 5.83. The van der Waals surface area contributed by atoms with E-state index >= 15 is 0 Å². The van der Waals surface area contributed by atoms with Crippen LogP contribution in [-0.2, 0) is 0 Å². The Bertz CT molecular complexity index is 687. The maximum atomic E-state index is 5.66. The zero-order chi connectivity index (χ0) is 14.4. The molecule has 0 unspecified atom stereocenters. The minimum absolute atomic E-state index is 0.424. The van der Waals surface area contributed by atoms with Crippen molar-refractivity contribution >= 4 is 30.2 Å². The number of hydrogen-bond acceptors (Lipinski definition) is 3. The van der Waals surface area contributed by atoms with Crippen molar-refractivity contribution in [3.8, 4) is 0 Å². The highest BCUT2D eigenvalue weighted by Crippen LogP contribution is 2.16. The van der Waals surface area contributed by atoms with Crippen LogP contribution in [-0.4, -0.2) is 17.8 Å². The molecule has 4 heteroatoms. The van der Waals surface area contributed by atoms with Crippen LogP contribution in [0.15, 0.2) is 60.5 Å². The van der Waals surface area contributed by atoms with E-state index in [4.69, 9.17) is 7.85 Å². The topological polar surface area (TPSA) is 37.8 Å². The van der Waals surface area contributed by atoms with Crippen LogP contribution < -0.4 is 10.9 Å². The van der Waals surface area contributed by atoms with Gasteiger partial charge in [0.05, 0.1) is 11.0 Å². The van der Waals surface area contributed by atoms with Crippen LogP contribution in [0.3, 0.4) is 0 Å². The molecule has 0 aliphatic rings. The highest BCUT2D eigenvalue weighted by molar-refractivity contribution is 6.30. The zero-order valence-electron chi connectivity index (χ0n) is 11.7. The van der Waals surface area contributed by atoms with Gasteiger partial charge in [-0.15, -0.1) is 0 Å². The Labute approximate surface area is 120 Å². The van der Waals surface area contributed by atoms with E-state index in [0.717, 1.165) is 22.4 Å². The van der Waals surface area contributed by atoms with E-state index < -0.39 is 0 Å². The van der Waals surface area contributed by atoms with E-state index in [1.807, 2.05) is 62.4 Å². The van der Waals surface area contributed by atoms with Crippen molar-refractivity contribution in [2.24, 2.45) is 0 Å². The van der Waals surface area contributed by atoms with E-state index in [2.05, 4.69) is 15.3 Å². The summed E-state index contributed by atoms with van der Waals surface area (Å²) in [5.74, 6) is 0. The number of benzene rings is 1. The molecule has 2 radical (unpaired) electrons. The van der Waals surface area contributed by atoms with Crippen molar-refractivity contribution in [3.05, 3.63) is 60.5 Å². The lowest BCUT2D eigenvalue weighted by atomic mass is 10.1. The van der Waals surface area contributed by atoms with Gasteiger partial charge in [-0.2, -0.15) is 0 Å². The Morgan fingerprint density at radius 1 is 1.20 bits per heavy atom. The van der Waals surface area contributed by atoms with Gasteiger partial charge in [-0.3, -0.25) is 9.97 Å². The second-order valence-corrected chi connectivity index (χ2v) is 4.27. The minimum atomic E-state index is 0.424. The van der Waals surface area contributed by atoms with Gasteiger partial charge in [-0.1, -0.05) is 18.2 Å². The van der Waals surface area contributed by atoms with Crippen molar-refractivity contribution in [1.29, 1.82) is 0 Å². The van der Waals surface area contributed by atoms with Gasteiger partial charge in [-0.25, -0.2) is 0 Å². The highest BCUT2D eigenvalue weighted by atomic mass is 14.9. The summed E-state index contributed by atoms with van der Waals surface area (Å²) in [4.78, 5) is 8.51. The SMILES string of the molecule is [B]c1cnc2ccc(NC(/C=C/C)=C/C=C\C)cc2n1. The lowest BCUT2D eigenvalue weighted by Crippen LogP contribution is -2.08.